The molecule has 1 aromatic carbocycles. The van der Waals surface area contributed by atoms with Gasteiger partial charge in [-0.1, -0.05) is 17.7 Å². The summed E-state index contributed by atoms with van der Waals surface area (Å²) in [5, 5.41) is 0. The Bertz CT molecular complexity index is 515. The minimum atomic E-state index is 0.645. The molecule has 0 amide bonds. The Morgan fingerprint density at radius 1 is 1.25 bits per heavy atom. The van der Waals surface area contributed by atoms with Crippen molar-refractivity contribution in [2.75, 3.05) is 0 Å². The first-order valence-electron chi connectivity index (χ1n) is 5.36. The number of imidazole rings is 1. The second-order valence-corrected chi connectivity index (χ2v) is 4.45. The number of aromatic amines is 1. The van der Waals surface area contributed by atoms with Crippen molar-refractivity contribution in [1.82, 2.24) is 9.97 Å². The molecule has 0 atom stereocenters. The van der Waals surface area contributed by atoms with Gasteiger partial charge in [0.05, 0.1) is 5.69 Å². The highest BCUT2D eigenvalue weighted by atomic mass is 32.1. The maximum Gasteiger partial charge on any atom is 0.116 e. The van der Waals surface area contributed by atoms with Crippen LogP contribution in [0.25, 0.3) is 11.3 Å². The molecule has 2 nitrogen and oxygen atoms in total. The largest absolute Gasteiger partial charge is 0.345 e. The number of hydrogen-bond donors (Lipinski definition) is 2. The van der Waals surface area contributed by atoms with Crippen LogP contribution in [0.5, 0.6) is 0 Å². The van der Waals surface area contributed by atoms with Gasteiger partial charge in [0, 0.05) is 17.0 Å². The van der Waals surface area contributed by atoms with Crippen molar-refractivity contribution in [2.24, 2.45) is 0 Å². The van der Waals surface area contributed by atoms with Crippen molar-refractivity contribution in [2.45, 2.75) is 26.5 Å². The van der Waals surface area contributed by atoms with Gasteiger partial charge < -0.3 is 4.98 Å². The third-order valence-electron chi connectivity index (χ3n) is 2.73. The first-order valence-corrected chi connectivity index (χ1v) is 5.99. The van der Waals surface area contributed by atoms with Gasteiger partial charge in [-0.25, -0.2) is 4.98 Å². The summed E-state index contributed by atoms with van der Waals surface area (Å²) in [6, 6.07) is 6.44. The van der Waals surface area contributed by atoms with Gasteiger partial charge in [-0.3, -0.25) is 0 Å². The minimum Gasteiger partial charge on any atom is -0.345 e. The number of rotatable bonds is 2. The van der Waals surface area contributed by atoms with Crippen LogP contribution in [-0.2, 0) is 5.75 Å². The van der Waals surface area contributed by atoms with Gasteiger partial charge in [-0.2, -0.15) is 12.6 Å². The highest BCUT2D eigenvalue weighted by Crippen LogP contribution is 2.26. The maximum absolute atomic E-state index is 4.57. The number of H-pyrrole nitrogens is 1. The molecule has 84 valence electrons. The van der Waals surface area contributed by atoms with E-state index >= 15 is 0 Å². The average Bonchev–Trinajstić information content (AvgIpc) is 2.63. The fourth-order valence-corrected chi connectivity index (χ4v) is 2.00. The number of thiol groups is 1. The Morgan fingerprint density at radius 2 is 2.00 bits per heavy atom. The first kappa shape index (κ1) is 11.3. The van der Waals surface area contributed by atoms with E-state index in [9.17, 15) is 0 Å². The van der Waals surface area contributed by atoms with Crippen LogP contribution in [0.3, 0.4) is 0 Å². The van der Waals surface area contributed by atoms with Gasteiger partial charge in [-0.05, 0) is 32.4 Å². The van der Waals surface area contributed by atoms with Gasteiger partial charge in [0.15, 0.2) is 0 Å². The molecule has 1 aromatic heterocycles. The summed E-state index contributed by atoms with van der Waals surface area (Å²) in [5.41, 5.74) is 5.88. The van der Waals surface area contributed by atoms with E-state index in [4.69, 9.17) is 0 Å². The van der Waals surface area contributed by atoms with Crippen LogP contribution < -0.4 is 0 Å². The van der Waals surface area contributed by atoms with Crippen molar-refractivity contribution < 1.29 is 0 Å². The van der Waals surface area contributed by atoms with Gasteiger partial charge in [-0.15, -0.1) is 0 Å². The Labute approximate surface area is 102 Å². The molecular formula is C13H16N2S. The number of hydrogen-bond acceptors (Lipinski definition) is 2. The lowest BCUT2D eigenvalue weighted by Gasteiger charge is -2.05. The van der Waals surface area contributed by atoms with Crippen molar-refractivity contribution in [1.29, 1.82) is 0 Å². The van der Waals surface area contributed by atoms with Crippen molar-refractivity contribution in [3.8, 4) is 11.3 Å². The molecule has 1 N–H and O–H groups in total. The molecule has 3 heteroatoms. The summed E-state index contributed by atoms with van der Waals surface area (Å²) in [6.45, 7) is 6.27. The molecule has 0 aliphatic heterocycles. The predicted octanol–water partition coefficient (Wildman–Crippen LogP) is 3.43. The van der Waals surface area contributed by atoms with E-state index in [1.165, 1.54) is 16.7 Å². The molecule has 0 spiro atoms. The number of nitrogens with one attached hydrogen (secondary N) is 1. The zero-order valence-corrected chi connectivity index (χ0v) is 10.7. The molecule has 16 heavy (non-hydrogen) atoms. The Hall–Kier alpha value is -1.22. The maximum atomic E-state index is 4.57. The molecule has 0 unspecified atom stereocenters. The number of benzene rings is 1. The molecule has 2 aromatic rings. The Kier molecular flexibility index (Phi) is 3.06. The lowest BCUT2D eigenvalue weighted by atomic mass is 10.0. The van der Waals surface area contributed by atoms with Crippen LogP contribution in [0, 0.1) is 20.8 Å². The molecule has 0 saturated heterocycles. The first-order chi connectivity index (χ1) is 7.61. The van der Waals surface area contributed by atoms with E-state index in [-0.39, 0.29) is 0 Å². The van der Waals surface area contributed by atoms with Gasteiger partial charge in [0.1, 0.15) is 5.82 Å². The average molecular weight is 232 g/mol. The monoisotopic (exact) mass is 232 g/mol. The summed E-state index contributed by atoms with van der Waals surface area (Å²) < 4.78 is 0. The second-order valence-electron chi connectivity index (χ2n) is 4.13. The number of aryl methyl sites for hydroxylation is 3. The summed E-state index contributed by atoms with van der Waals surface area (Å²) in [7, 11) is 0. The topological polar surface area (TPSA) is 28.7 Å². The van der Waals surface area contributed by atoms with Crippen LogP contribution >= 0.6 is 12.6 Å². The fourth-order valence-electron chi connectivity index (χ4n) is 1.85. The normalized spacial score (nSPS) is 10.8. The van der Waals surface area contributed by atoms with Crippen molar-refractivity contribution in [3.05, 3.63) is 40.8 Å². The highest BCUT2D eigenvalue weighted by Gasteiger charge is 2.10. The molecule has 2 rings (SSSR count). The quantitative estimate of drug-likeness (QED) is 0.763. The summed E-state index contributed by atoms with van der Waals surface area (Å²) in [6.07, 6.45) is 0. The molecule has 0 aliphatic rings. The third kappa shape index (κ3) is 2.00. The van der Waals surface area contributed by atoms with E-state index < -0.39 is 0 Å². The van der Waals surface area contributed by atoms with Crippen molar-refractivity contribution in [3.63, 3.8) is 0 Å². The van der Waals surface area contributed by atoms with Crippen LogP contribution in [0.4, 0.5) is 0 Å². The standard InChI is InChI=1S/C13H16N2S/c1-8-4-5-9(2)11(6-8)13-10(3)14-12(7-16)15-13/h4-6,16H,7H2,1-3H3,(H,14,15). The molecule has 0 bridgehead atoms. The van der Waals surface area contributed by atoms with E-state index in [0.717, 1.165) is 17.2 Å². The van der Waals surface area contributed by atoms with E-state index in [2.05, 4.69) is 61.6 Å². The van der Waals surface area contributed by atoms with Crippen LogP contribution in [-0.4, -0.2) is 9.97 Å². The fraction of sp³-hybridized carbons (Fsp3) is 0.308. The summed E-state index contributed by atoms with van der Waals surface area (Å²) in [5.74, 6) is 1.57. The van der Waals surface area contributed by atoms with E-state index in [1.54, 1.807) is 0 Å². The van der Waals surface area contributed by atoms with Crippen LogP contribution in [0.15, 0.2) is 18.2 Å². The number of aromatic nitrogens is 2. The third-order valence-corrected chi connectivity index (χ3v) is 3.03. The summed E-state index contributed by atoms with van der Waals surface area (Å²) in [4.78, 5) is 7.82. The molecular weight excluding hydrogens is 216 g/mol. The molecule has 0 radical (unpaired) electrons. The Balaban J connectivity index is 2.57. The molecule has 1 heterocycles. The predicted molar refractivity (Wildman–Crippen MR) is 70.9 cm³/mol. The van der Waals surface area contributed by atoms with Crippen LogP contribution in [0.2, 0.25) is 0 Å². The zero-order chi connectivity index (χ0) is 11.7. The SMILES string of the molecule is Cc1ccc(C)c(-c2nc(CS)[nH]c2C)c1. The molecule has 0 fully saturated rings. The molecule has 0 saturated carbocycles. The van der Waals surface area contributed by atoms with Crippen molar-refractivity contribution >= 4 is 12.6 Å². The lowest BCUT2D eigenvalue weighted by molar-refractivity contribution is 1.11. The summed E-state index contributed by atoms with van der Waals surface area (Å²) >= 11 is 4.24. The zero-order valence-electron chi connectivity index (χ0n) is 9.83. The Morgan fingerprint density at radius 3 is 2.62 bits per heavy atom. The van der Waals surface area contributed by atoms with Gasteiger partial charge in [0.25, 0.3) is 0 Å². The lowest BCUT2D eigenvalue weighted by Crippen LogP contribution is -1.87. The smallest absolute Gasteiger partial charge is 0.116 e. The van der Waals surface area contributed by atoms with E-state index in [0.29, 0.717) is 5.75 Å². The highest BCUT2D eigenvalue weighted by molar-refractivity contribution is 7.79. The minimum absolute atomic E-state index is 0.645. The number of nitrogens with zero attached hydrogens (tertiary/aromatic N) is 1. The molecule has 0 aliphatic carbocycles. The van der Waals surface area contributed by atoms with Gasteiger partial charge >= 0.3 is 0 Å². The van der Waals surface area contributed by atoms with Crippen LogP contribution in [0.1, 0.15) is 22.6 Å². The van der Waals surface area contributed by atoms with E-state index in [1.807, 2.05) is 0 Å². The second kappa shape index (κ2) is 4.34. The van der Waals surface area contributed by atoms with Gasteiger partial charge in [0.2, 0.25) is 0 Å².